The number of ether oxygens (including phenoxy) is 1. The molecule has 3 rings (SSSR count). The molecule has 146 valence electrons. The molecule has 0 atom stereocenters. The van der Waals surface area contributed by atoms with Gasteiger partial charge in [-0.3, -0.25) is 14.5 Å². The molecule has 6 heteroatoms. The first-order valence-electron chi connectivity index (χ1n) is 9.16. The van der Waals surface area contributed by atoms with E-state index in [1.54, 1.807) is 25.3 Å². The molecule has 0 saturated carbocycles. The van der Waals surface area contributed by atoms with Crippen molar-refractivity contribution in [2.75, 3.05) is 19.0 Å². The normalized spacial score (nSPS) is 14.1. The molecule has 1 aliphatic heterocycles. The summed E-state index contributed by atoms with van der Waals surface area (Å²) in [6.07, 6.45) is 0.686. The van der Waals surface area contributed by atoms with Gasteiger partial charge in [-0.2, -0.15) is 0 Å². The molecule has 28 heavy (non-hydrogen) atoms. The second-order valence-electron chi connectivity index (χ2n) is 6.80. The van der Waals surface area contributed by atoms with Crippen LogP contribution < -0.4 is 10.1 Å². The Morgan fingerprint density at radius 1 is 1.07 bits per heavy atom. The molecular weight excluding hydrogens is 376 g/mol. The number of nitrogens with one attached hydrogen (secondary N) is 1. The van der Waals surface area contributed by atoms with Gasteiger partial charge in [0.05, 0.1) is 18.4 Å². The van der Waals surface area contributed by atoms with Crippen molar-refractivity contribution in [1.29, 1.82) is 0 Å². The number of carbonyl (C=O) groups is 2. The van der Waals surface area contributed by atoms with E-state index in [2.05, 4.69) is 5.32 Å². The number of rotatable bonds is 6. The number of aryl methyl sites for hydroxylation is 2. The Morgan fingerprint density at radius 3 is 2.46 bits per heavy atom. The van der Waals surface area contributed by atoms with E-state index in [-0.39, 0.29) is 17.5 Å². The maximum Gasteiger partial charge on any atom is 0.278 e. The van der Waals surface area contributed by atoms with E-state index < -0.39 is 0 Å². The van der Waals surface area contributed by atoms with Crippen molar-refractivity contribution in [3.63, 3.8) is 0 Å². The van der Waals surface area contributed by atoms with Crippen LogP contribution in [0.3, 0.4) is 0 Å². The predicted molar refractivity (Wildman–Crippen MR) is 111 cm³/mol. The van der Waals surface area contributed by atoms with E-state index in [1.165, 1.54) is 4.90 Å². The fraction of sp³-hybridized carbons (Fsp3) is 0.273. The maximum absolute atomic E-state index is 13.1. The van der Waals surface area contributed by atoms with Crippen molar-refractivity contribution < 1.29 is 14.3 Å². The van der Waals surface area contributed by atoms with Crippen molar-refractivity contribution in [3.8, 4) is 5.75 Å². The molecule has 1 heterocycles. The third kappa shape index (κ3) is 3.62. The van der Waals surface area contributed by atoms with Gasteiger partial charge in [-0.1, -0.05) is 42.3 Å². The van der Waals surface area contributed by atoms with Crippen LogP contribution in [0.5, 0.6) is 5.75 Å². The first-order chi connectivity index (χ1) is 13.4. The zero-order chi connectivity index (χ0) is 20.4. The van der Waals surface area contributed by atoms with Gasteiger partial charge in [0.1, 0.15) is 11.4 Å². The third-order valence-corrected chi connectivity index (χ3v) is 4.92. The summed E-state index contributed by atoms with van der Waals surface area (Å²) >= 11 is 6.12. The molecule has 0 unspecified atom stereocenters. The number of carbonyl (C=O) groups excluding carboxylic acids is 2. The van der Waals surface area contributed by atoms with E-state index in [0.29, 0.717) is 35.0 Å². The molecule has 1 aliphatic rings. The van der Waals surface area contributed by atoms with Crippen LogP contribution in [-0.2, 0) is 9.59 Å². The van der Waals surface area contributed by atoms with Crippen LogP contribution in [0.1, 0.15) is 30.0 Å². The molecule has 2 aromatic rings. The smallest absolute Gasteiger partial charge is 0.278 e. The van der Waals surface area contributed by atoms with Crippen molar-refractivity contribution >= 4 is 34.7 Å². The van der Waals surface area contributed by atoms with Gasteiger partial charge < -0.3 is 10.1 Å². The average Bonchev–Trinajstić information content (AvgIpc) is 2.87. The van der Waals surface area contributed by atoms with E-state index >= 15 is 0 Å². The topological polar surface area (TPSA) is 58.6 Å². The number of hydrogen-bond acceptors (Lipinski definition) is 4. The molecule has 0 bridgehead atoms. The quantitative estimate of drug-likeness (QED) is 0.724. The lowest BCUT2D eigenvalue weighted by Gasteiger charge is -2.15. The average molecular weight is 399 g/mol. The van der Waals surface area contributed by atoms with Crippen LogP contribution >= 0.6 is 11.6 Å². The summed E-state index contributed by atoms with van der Waals surface area (Å²) < 4.78 is 5.37. The van der Waals surface area contributed by atoms with Crippen LogP contribution in [0.4, 0.5) is 5.69 Å². The van der Waals surface area contributed by atoms with E-state index in [1.807, 2.05) is 39.0 Å². The summed E-state index contributed by atoms with van der Waals surface area (Å²) in [6, 6.07) is 10.9. The molecule has 2 amide bonds. The van der Waals surface area contributed by atoms with E-state index in [0.717, 1.165) is 16.7 Å². The molecule has 0 spiro atoms. The van der Waals surface area contributed by atoms with Gasteiger partial charge in [0.15, 0.2) is 0 Å². The zero-order valence-electron chi connectivity index (χ0n) is 16.4. The Labute approximate surface area is 169 Å². The third-order valence-electron chi connectivity index (χ3n) is 4.69. The number of nitrogens with zero attached hydrogens (tertiary/aromatic N) is 1. The van der Waals surface area contributed by atoms with Gasteiger partial charge in [-0.25, -0.2) is 0 Å². The molecule has 5 nitrogen and oxygen atoms in total. The molecule has 2 aromatic carbocycles. The first-order valence-corrected chi connectivity index (χ1v) is 9.53. The largest absolute Gasteiger partial charge is 0.495 e. The SMILES string of the molecule is CCCN1C(=O)C(Nc2cc(Cl)ccc2OC)=C(c2ccc(C)cc2C)C1=O. The van der Waals surface area contributed by atoms with Crippen LogP contribution in [0, 0.1) is 13.8 Å². The second kappa shape index (κ2) is 8.07. The minimum Gasteiger partial charge on any atom is -0.495 e. The number of halogens is 1. The highest BCUT2D eigenvalue weighted by Gasteiger charge is 2.39. The molecule has 0 saturated heterocycles. The number of anilines is 1. The van der Waals surface area contributed by atoms with Crippen molar-refractivity contribution in [3.05, 3.63) is 63.8 Å². The molecule has 0 radical (unpaired) electrons. The van der Waals surface area contributed by atoms with E-state index in [9.17, 15) is 9.59 Å². The number of amides is 2. The molecule has 0 aliphatic carbocycles. The summed E-state index contributed by atoms with van der Waals surface area (Å²) in [6.45, 7) is 6.23. The molecular formula is C22H23ClN2O3. The van der Waals surface area contributed by atoms with Crippen LogP contribution in [0.2, 0.25) is 5.02 Å². The second-order valence-corrected chi connectivity index (χ2v) is 7.24. The van der Waals surface area contributed by atoms with Gasteiger partial charge in [0.25, 0.3) is 11.8 Å². The van der Waals surface area contributed by atoms with Crippen LogP contribution in [-0.4, -0.2) is 30.4 Å². The Hall–Kier alpha value is -2.79. The van der Waals surface area contributed by atoms with Gasteiger partial charge >= 0.3 is 0 Å². The van der Waals surface area contributed by atoms with Gasteiger partial charge in [-0.05, 0) is 49.6 Å². The Bertz CT molecular complexity index is 982. The number of methoxy groups -OCH3 is 1. The standard InChI is InChI=1S/C22H23ClN2O3/c1-5-10-25-21(26)19(16-8-6-13(2)11-14(16)3)20(22(25)27)24-17-12-15(23)7-9-18(17)28-4/h6-9,11-12,24H,5,10H2,1-4H3. The van der Waals surface area contributed by atoms with Crippen molar-refractivity contribution in [2.24, 2.45) is 0 Å². The fourth-order valence-corrected chi connectivity index (χ4v) is 3.55. The summed E-state index contributed by atoms with van der Waals surface area (Å²) in [5.41, 5.74) is 3.92. The maximum atomic E-state index is 13.1. The monoisotopic (exact) mass is 398 g/mol. The Balaban J connectivity index is 2.16. The Morgan fingerprint density at radius 2 is 1.82 bits per heavy atom. The van der Waals surface area contributed by atoms with Crippen LogP contribution in [0.25, 0.3) is 5.57 Å². The summed E-state index contributed by atoms with van der Waals surface area (Å²) in [7, 11) is 1.54. The highest BCUT2D eigenvalue weighted by molar-refractivity contribution is 6.37. The summed E-state index contributed by atoms with van der Waals surface area (Å²) in [5, 5.41) is 3.62. The van der Waals surface area contributed by atoms with Crippen molar-refractivity contribution in [2.45, 2.75) is 27.2 Å². The minimum atomic E-state index is -0.344. The highest BCUT2D eigenvalue weighted by Crippen LogP contribution is 2.35. The van der Waals surface area contributed by atoms with E-state index in [4.69, 9.17) is 16.3 Å². The number of imide groups is 1. The molecule has 0 aromatic heterocycles. The summed E-state index contributed by atoms with van der Waals surface area (Å²) in [5.74, 6) is -0.0998. The van der Waals surface area contributed by atoms with Crippen molar-refractivity contribution in [1.82, 2.24) is 4.90 Å². The van der Waals surface area contributed by atoms with Crippen LogP contribution in [0.15, 0.2) is 42.1 Å². The fourth-order valence-electron chi connectivity index (χ4n) is 3.38. The first kappa shape index (κ1) is 20.0. The van der Waals surface area contributed by atoms with Gasteiger partial charge in [0, 0.05) is 11.6 Å². The number of benzene rings is 2. The lowest BCUT2D eigenvalue weighted by Crippen LogP contribution is -2.33. The van der Waals surface area contributed by atoms with Gasteiger partial charge in [-0.15, -0.1) is 0 Å². The van der Waals surface area contributed by atoms with Gasteiger partial charge in [0.2, 0.25) is 0 Å². The predicted octanol–water partition coefficient (Wildman–Crippen LogP) is 4.57. The minimum absolute atomic E-state index is 0.242. The molecule has 1 N–H and O–H groups in total. The Kier molecular flexibility index (Phi) is 5.75. The number of hydrogen-bond donors (Lipinski definition) is 1. The zero-order valence-corrected chi connectivity index (χ0v) is 17.2. The highest BCUT2D eigenvalue weighted by atomic mass is 35.5. The lowest BCUT2D eigenvalue weighted by atomic mass is 9.97. The summed E-state index contributed by atoms with van der Waals surface area (Å²) in [4.78, 5) is 27.5. The molecule has 0 fully saturated rings. The lowest BCUT2D eigenvalue weighted by molar-refractivity contribution is -0.136.